The van der Waals surface area contributed by atoms with E-state index in [4.69, 9.17) is 4.74 Å². The molecule has 128 valence electrons. The van der Waals surface area contributed by atoms with E-state index in [9.17, 15) is 12.8 Å². The van der Waals surface area contributed by atoms with Crippen LogP contribution < -0.4 is 9.64 Å². The predicted molar refractivity (Wildman–Crippen MR) is 89.9 cm³/mol. The van der Waals surface area contributed by atoms with Gasteiger partial charge < -0.3 is 9.64 Å². The third-order valence-corrected chi connectivity index (χ3v) is 5.40. The number of pyridine rings is 1. The van der Waals surface area contributed by atoms with Crippen LogP contribution in [0.5, 0.6) is 5.75 Å². The molecule has 1 fully saturated rings. The third kappa shape index (κ3) is 3.21. The van der Waals surface area contributed by atoms with Crippen LogP contribution in [0.2, 0.25) is 0 Å². The lowest BCUT2D eigenvalue weighted by atomic mass is 9.98. The molecule has 1 unspecified atom stereocenters. The van der Waals surface area contributed by atoms with Crippen molar-refractivity contribution < 1.29 is 17.5 Å². The zero-order chi connectivity index (χ0) is 17.3. The zero-order valence-corrected chi connectivity index (χ0v) is 14.4. The van der Waals surface area contributed by atoms with Crippen LogP contribution in [0.15, 0.2) is 41.4 Å². The molecule has 0 amide bonds. The topological polar surface area (TPSA) is 59.5 Å². The fraction of sp³-hybridized carbons (Fsp3) is 0.353. The highest BCUT2D eigenvalue weighted by molar-refractivity contribution is 7.90. The highest BCUT2D eigenvalue weighted by Gasteiger charge is 2.28. The average Bonchev–Trinajstić information content (AvgIpc) is 3.04. The SMILES string of the molecule is COc1ccc(C2CCN(c3ncccc3S(C)(=O)=O)C2)cc1F. The number of benzene rings is 1. The number of aromatic nitrogens is 1. The van der Waals surface area contributed by atoms with Gasteiger partial charge >= 0.3 is 0 Å². The first-order valence-electron chi connectivity index (χ1n) is 7.63. The molecule has 0 bridgehead atoms. The van der Waals surface area contributed by atoms with Crippen LogP contribution in [0.3, 0.4) is 0 Å². The van der Waals surface area contributed by atoms with Gasteiger partial charge in [0.15, 0.2) is 21.4 Å². The Labute approximate surface area is 141 Å². The maximum absolute atomic E-state index is 13.9. The van der Waals surface area contributed by atoms with Crippen LogP contribution in [0.4, 0.5) is 10.2 Å². The molecule has 7 heteroatoms. The van der Waals surface area contributed by atoms with Crippen molar-refractivity contribution in [2.45, 2.75) is 17.2 Å². The van der Waals surface area contributed by atoms with Crippen molar-refractivity contribution in [3.63, 3.8) is 0 Å². The minimum Gasteiger partial charge on any atom is -0.494 e. The Morgan fingerprint density at radius 3 is 2.79 bits per heavy atom. The van der Waals surface area contributed by atoms with E-state index in [0.29, 0.717) is 18.9 Å². The molecule has 0 N–H and O–H groups in total. The van der Waals surface area contributed by atoms with Crippen molar-refractivity contribution >= 4 is 15.7 Å². The Bertz CT molecular complexity index is 855. The lowest BCUT2D eigenvalue weighted by Gasteiger charge is -2.20. The number of hydrogen-bond acceptors (Lipinski definition) is 5. The van der Waals surface area contributed by atoms with Crippen LogP contribution in [-0.2, 0) is 9.84 Å². The molecule has 1 aromatic heterocycles. The van der Waals surface area contributed by atoms with Crippen LogP contribution in [0.25, 0.3) is 0 Å². The van der Waals surface area contributed by atoms with Crippen molar-refractivity contribution in [1.82, 2.24) is 4.98 Å². The summed E-state index contributed by atoms with van der Waals surface area (Å²) < 4.78 is 42.8. The van der Waals surface area contributed by atoms with E-state index in [2.05, 4.69) is 4.98 Å². The summed E-state index contributed by atoms with van der Waals surface area (Å²) in [5.41, 5.74) is 0.882. The number of anilines is 1. The maximum atomic E-state index is 13.9. The van der Waals surface area contributed by atoms with Gasteiger partial charge in [-0.25, -0.2) is 17.8 Å². The zero-order valence-electron chi connectivity index (χ0n) is 13.6. The second kappa shape index (κ2) is 6.39. The van der Waals surface area contributed by atoms with Gasteiger partial charge in [0.05, 0.1) is 7.11 Å². The Morgan fingerprint density at radius 2 is 2.12 bits per heavy atom. The van der Waals surface area contributed by atoms with E-state index in [1.165, 1.54) is 19.4 Å². The molecule has 0 saturated carbocycles. The standard InChI is InChI=1S/C17H19FN2O3S/c1-23-15-6-5-12(10-14(15)18)13-7-9-20(11-13)17-16(24(2,21)22)4-3-8-19-17/h3-6,8,10,13H,7,9,11H2,1-2H3. The van der Waals surface area contributed by atoms with Crippen molar-refractivity contribution in [1.29, 1.82) is 0 Å². The van der Waals surface area contributed by atoms with Gasteiger partial charge in [0, 0.05) is 31.5 Å². The van der Waals surface area contributed by atoms with E-state index in [0.717, 1.165) is 12.0 Å². The van der Waals surface area contributed by atoms with Crippen LogP contribution >= 0.6 is 0 Å². The van der Waals surface area contributed by atoms with Crippen LogP contribution in [0, 0.1) is 5.82 Å². The molecule has 1 aliphatic rings. The minimum absolute atomic E-state index is 0.125. The van der Waals surface area contributed by atoms with Crippen molar-refractivity contribution in [3.8, 4) is 5.75 Å². The first-order valence-corrected chi connectivity index (χ1v) is 9.52. The molecule has 0 radical (unpaired) electrons. The monoisotopic (exact) mass is 350 g/mol. The number of halogens is 1. The summed E-state index contributed by atoms with van der Waals surface area (Å²) in [6.45, 7) is 1.28. The Hall–Kier alpha value is -2.15. The second-order valence-corrected chi connectivity index (χ2v) is 7.91. The Morgan fingerprint density at radius 1 is 1.33 bits per heavy atom. The first kappa shape index (κ1) is 16.7. The molecule has 0 spiro atoms. The summed E-state index contributed by atoms with van der Waals surface area (Å²) in [6.07, 6.45) is 3.58. The van der Waals surface area contributed by atoms with Gasteiger partial charge in [0.2, 0.25) is 0 Å². The molecule has 3 rings (SSSR count). The lowest BCUT2D eigenvalue weighted by molar-refractivity contribution is 0.386. The highest BCUT2D eigenvalue weighted by atomic mass is 32.2. The molecule has 2 aromatic rings. The maximum Gasteiger partial charge on any atom is 0.179 e. The van der Waals surface area contributed by atoms with Crippen LogP contribution in [-0.4, -0.2) is 39.9 Å². The molecule has 1 aromatic carbocycles. The number of ether oxygens (including phenoxy) is 1. The second-order valence-electron chi connectivity index (χ2n) is 5.92. The highest BCUT2D eigenvalue weighted by Crippen LogP contribution is 2.34. The van der Waals surface area contributed by atoms with E-state index >= 15 is 0 Å². The fourth-order valence-electron chi connectivity index (χ4n) is 3.07. The summed E-state index contributed by atoms with van der Waals surface area (Å²) in [7, 11) is -1.92. The number of rotatable bonds is 4. The molecule has 5 nitrogen and oxygen atoms in total. The van der Waals surface area contributed by atoms with Crippen LogP contribution in [0.1, 0.15) is 17.9 Å². The van der Waals surface area contributed by atoms with Gasteiger partial charge in [-0.15, -0.1) is 0 Å². The van der Waals surface area contributed by atoms with E-state index in [1.54, 1.807) is 24.4 Å². The molecule has 0 aliphatic carbocycles. The quantitative estimate of drug-likeness (QED) is 0.848. The minimum atomic E-state index is -3.35. The number of sulfone groups is 1. The normalized spacial score (nSPS) is 18.0. The van der Waals surface area contributed by atoms with Gasteiger partial charge in [0.25, 0.3) is 0 Å². The first-order chi connectivity index (χ1) is 11.4. The average molecular weight is 350 g/mol. The Balaban J connectivity index is 1.85. The summed E-state index contributed by atoms with van der Waals surface area (Å²) in [6, 6.07) is 8.15. The Kier molecular flexibility index (Phi) is 4.45. The largest absolute Gasteiger partial charge is 0.494 e. The van der Waals surface area contributed by atoms with Gasteiger partial charge in [-0.2, -0.15) is 0 Å². The molecule has 2 heterocycles. The van der Waals surface area contributed by atoms with Crippen molar-refractivity contribution in [2.24, 2.45) is 0 Å². The smallest absolute Gasteiger partial charge is 0.179 e. The van der Waals surface area contributed by atoms with Crippen molar-refractivity contribution in [2.75, 3.05) is 31.4 Å². The molecule has 1 saturated heterocycles. The number of hydrogen-bond donors (Lipinski definition) is 0. The molecule has 1 aliphatic heterocycles. The van der Waals surface area contributed by atoms with Gasteiger partial charge in [-0.1, -0.05) is 6.07 Å². The fourth-order valence-corrected chi connectivity index (χ4v) is 3.91. The summed E-state index contributed by atoms with van der Waals surface area (Å²) >= 11 is 0. The molecular formula is C17H19FN2O3S. The lowest BCUT2D eigenvalue weighted by Crippen LogP contribution is -2.22. The predicted octanol–water partition coefficient (Wildman–Crippen LogP) is 2.63. The van der Waals surface area contributed by atoms with Gasteiger partial charge in [-0.05, 0) is 36.2 Å². The molecular weight excluding hydrogens is 331 g/mol. The molecule has 24 heavy (non-hydrogen) atoms. The number of methoxy groups -OCH3 is 1. The third-order valence-electron chi connectivity index (χ3n) is 4.29. The van der Waals surface area contributed by atoms with E-state index in [-0.39, 0.29) is 22.4 Å². The van der Waals surface area contributed by atoms with Gasteiger partial charge in [-0.3, -0.25) is 0 Å². The molecule has 1 atom stereocenters. The van der Waals surface area contributed by atoms with Gasteiger partial charge in [0.1, 0.15) is 10.7 Å². The van der Waals surface area contributed by atoms with Crippen molar-refractivity contribution in [3.05, 3.63) is 47.9 Å². The summed E-state index contributed by atoms with van der Waals surface area (Å²) in [5, 5.41) is 0. The summed E-state index contributed by atoms with van der Waals surface area (Å²) in [4.78, 5) is 6.43. The van der Waals surface area contributed by atoms with E-state index < -0.39 is 9.84 Å². The number of nitrogens with zero attached hydrogens (tertiary/aromatic N) is 2. The van der Waals surface area contributed by atoms with E-state index in [1.807, 2.05) is 11.0 Å². The summed E-state index contributed by atoms with van der Waals surface area (Å²) in [5.74, 6) is 0.428.